The first-order chi connectivity index (χ1) is 5.88. The molecule has 0 N–H and O–H groups in total. The lowest BCUT2D eigenvalue weighted by molar-refractivity contribution is -0.119. The summed E-state index contributed by atoms with van der Waals surface area (Å²) in [6.45, 7) is 0.533. The van der Waals surface area contributed by atoms with Crippen molar-refractivity contribution in [3.05, 3.63) is 36.5 Å². The molecule has 0 aromatic rings. The Morgan fingerprint density at radius 3 is 3.08 bits per heavy atom. The predicted octanol–water partition coefficient (Wildman–Crippen LogP) is 1.25. The Labute approximate surface area is 71.2 Å². The number of ketones is 1. The van der Waals surface area contributed by atoms with E-state index < -0.39 is 0 Å². The van der Waals surface area contributed by atoms with E-state index >= 15 is 0 Å². The number of allylic oxidation sites excluding steroid dienone is 3. The van der Waals surface area contributed by atoms with Gasteiger partial charge >= 0.3 is 0 Å². The Balaban J connectivity index is 2.26. The summed E-state index contributed by atoms with van der Waals surface area (Å²) in [5.41, 5.74) is 0. The number of ether oxygens (including phenoxy) is 1. The van der Waals surface area contributed by atoms with Crippen molar-refractivity contribution in [1.29, 1.82) is 0 Å². The molecule has 0 saturated carbocycles. The molecule has 0 saturated heterocycles. The third-order valence-corrected chi connectivity index (χ3v) is 2.08. The van der Waals surface area contributed by atoms with Crippen LogP contribution >= 0.6 is 0 Å². The SMILES string of the molecule is O=C1C=CCOC2C=CC=CC12. The molecule has 1 aliphatic heterocycles. The molecular formula is C10H10O2. The van der Waals surface area contributed by atoms with Gasteiger partial charge in [0.1, 0.15) is 0 Å². The summed E-state index contributed by atoms with van der Waals surface area (Å²) in [4.78, 5) is 11.4. The lowest BCUT2D eigenvalue weighted by Gasteiger charge is -2.19. The van der Waals surface area contributed by atoms with Crippen molar-refractivity contribution in [2.75, 3.05) is 6.61 Å². The molecule has 12 heavy (non-hydrogen) atoms. The van der Waals surface area contributed by atoms with Crippen LogP contribution in [-0.4, -0.2) is 18.5 Å². The molecule has 0 aromatic carbocycles. The van der Waals surface area contributed by atoms with E-state index in [0.717, 1.165) is 0 Å². The zero-order valence-electron chi connectivity index (χ0n) is 6.64. The molecule has 2 heteroatoms. The Morgan fingerprint density at radius 1 is 1.33 bits per heavy atom. The maximum absolute atomic E-state index is 11.4. The first-order valence-corrected chi connectivity index (χ1v) is 4.05. The molecule has 62 valence electrons. The number of hydrogen-bond acceptors (Lipinski definition) is 2. The minimum atomic E-state index is -0.103. The number of hydrogen-bond donors (Lipinski definition) is 0. The standard InChI is InChI=1S/C10H10O2/c11-9-5-3-7-12-10-6-2-1-4-8(9)10/h1-6,8,10H,7H2. The van der Waals surface area contributed by atoms with Crippen molar-refractivity contribution in [3.8, 4) is 0 Å². The van der Waals surface area contributed by atoms with Gasteiger partial charge in [-0.15, -0.1) is 0 Å². The van der Waals surface area contributed by atoms with E-state index in [2.05, 4.69) is 0 Å². The van der Waals surface area contributed by atoms with E-state index in [-0.39, 0.29) is 17.8 Å². The van der Waals surface area contributed by atoms with Gasteiger partial charge in [0.25, 0.3) is 0 Å². The van der Waals surface area contributed by atoms with Crippen molar-refractivity contribution in [1.82, 2.24) is 0 Å². The monoisotopic (exact) mass is 162 g/mol. The molecule has 0 radical (unpaired) electrons. The van der Waals surface area contributed by atoms with Gasteiger partial charge in [-0.2, -0.15) is 0 Å². The van der Waals surface area contributed by atoms with Gasteiger partial charge in [-0.3, -0.25) is 4.79 Å². The van der Waals surface area contributed by atoms with E-state index in [1.807, 2.05) is 24.3 Å². The van der Waals surface area contributed by atoms with Gasteiger partial charge in [-0.1, -0.05) is 30.4 Å². The fraction of sp³-hybridized carbons (Fsp3) is 0.300. The predicted molar refractivity (Wildman–Crippen MR) is 45.7 cm³/mol. The van der Waals surface area contributed by atoms with E-state index in [0.29, 0.717) is 6.61 Å². The van der Waals surface area contributed by atoms with Gasteiger partial charge in [-0.05, 0) is 6.08 Å². The van der Waals surface area contributed by atoms with Gasteiger partial charge in [0.2, 0.25) is 0 Å². The van der Waals surface area contributed by atoms with Gasteiger partial charge in [-0.25, -0.2) is 0 Å². The van der Waals surface area contributed by atoms with Crippen LogP contribution in [0.2, 0.25) is 0 Å². The van der Waals surface area contributed by atoms with Gasteiger partial charge in [0, 0.05) is 0 Å². The quantitative estimate of drug-likeness (QED) is 0.536. The van der Waals surface area contributed by atoms with Crippen LogP contribution in [0.15, 0.2) is 36.5 Å². The summed E-state index contributed by atoms with van der Waals surface area (Å²) in [6, 6.07) is 0. The van der Waals surface area contributed by atoms with Gasteiger partial charge in [0.15, 0.2) is 5.78 Å². The summed E-state index contributed by atoms with van der Waals surface area (Å²) in [5.74, 6) is 0.0341. The van der Waals surface area contributed by atoms with Crippen molar-refractivity contribution in [2.45, 2.75) is 6.10 Å². The van der Waals surface area contributed by atoms with Gasteiger partial charge < -0.3 is 4.74 Å². The van der Waals surface area contributed by atoms with Crippen molar-refractivity contribution in [3.63, 3.8) is 0 Å². The second kappa shape index (κ2) is 3.07. The molecule has 0 bridgehead atoms. The minimum absolute atomic E-state index is 0.0579. The Kier molecular flexibility index (Phi) is 1.92. The van der Waals surface area contributed by atoms with Crippen molar-refractivity contribution >= 4 is 5.78 Å². The average Bonchev–Trinajstić information content (AvgIpc) is 2.29. The fourth-order valence-corrected chi connectivity index (χ4v) is 1.44. The zero-order valence-corrected chi connectivity index (χ0v) is 6.64. The molecule has 0 spiro atoms. The lowest BCUT2D eigenvalue weighted by Crippen LogP contribution is -2.26. The Hall–Kier alpha value is -1.15. The zero-order chi connectivity index (χ0) is 8.39. The van der Waals surface area contributed by atoms with Crippen LogP contribution in [0, 0.1) is 5.92 Å². The molecule has 2 aliphatic rings. The van der Waals surface area contributed by atoms with Crippen LogP contribution in [0.3, 0.4) is 0 Å². The lowest BCUT2D eigenvalue weighted by atomic mass is 9.93. The summed E-state index contributed by atoms with van der Waals surface area (Å²) in [6.07, 6.45) is 10.9. The Morgan fingerprint density at radius 2 is 2.17 bits per heavy atom. The van der Waals surface area contributed by atoms with E-state index in [4.69, 9.17) is 4.74 Å². The number of rotatable bonds is 0. The largest absolute Gasteiger partial charge is 0.369 e. The second-order valence-electron chi connectivity index (χ2n) is 2.90. The van der Waals surface area contributed by atoms with Crippen LogP contribution < -0.4 is 0 Å². The number of fused-ring (bicyclic) bond motifs is 1. The smallest absolute Gasteiger partial charge is 0.165 e. The summed E-state index contributed by atoms with van der Waals surface area (Å²) in [7, 11) is 0. The molecule has 0 fully saturated rings. The third-order valence-electron chi connectivity index (χ3n) is 2.08. The highest BCUT2D eigenvalue weighted by molar-refractivity contribution is 5.94. The van der Waals surface area contributed by atoms with Crippen LogP contribution in [0.5, 0.6) is 0 Å². The normalized spacial score (nSPS) is 33.2. The molecule has 2 atom stereocenters. The van der Waals surface area contributed by atoms with Crippen LogP contribution in [0.1, 0.15) is 0 Å². The second-order valence-corrected chi connectivity index (χ2v) is 2.90. The van der Waals surface area contributed by atoms with Crippen molar-refractivity contribution in [2.24, 2.45) is 5.92 Å². The molecule has 2 rings (SSSR count). The Bertz CT molecular complexity index is 274. The highest BCUT2D eigenvalue weighted by atomic mass is 16.5. The minimum Gasteiger partial charge on any atom is -0.369 e. The highest BCUT2D eigenvalue weighted by Crippen LogP contribution is 2.19. The molecule has 2 unspecified atom stereocenters. The maximum Gasteiger partial charge on any atom is 0.165 e. The summed E-state index contributed by atoms with van der Waals surface area (Å²) < 4.78 is 5.43. The maximum atomic E-state index is 11.4. The molecule has 0 aromatic heterocycles. The van der Waals surface area contributed by atoms with Crippen LogP contribution in [-0.2, 0) is 9.53 Å². The van der Waals surface area contributed by atoms with Crippen LogP contribution in [0.25, 0.3) is 0 Å². The fourth-order valence-electron chi connectivity index (χ4n) is 1.44. The topological polar surface area (TPSA) is 26.3 Å². The molecule has 2 nitrogen and oxygen atoms in total. The van der Waals surface area contributed by atoms with E-state index in [1.165, 1.54) is 0 Å². The summed E-state index contributed by atoms with van der Waals surface area (Å²) >= 11 is 0. The molecule has 0 amide bonds. The number of carbonyl (C=O) groups is 1. The first-order valence-electron chi connectivity index (χ1n) is 4.05. The summed E-state index contributed by atoms with van der Waals surface area (Å²) in [5, 5.41) is 0. The van der Waals surface area contributed by atoms with E-state index in [9.17, 15) is 4.79 Å². The highest BCUT2D eigenvalue weighted by Gasteiger charge is 2.25. The average molecular weight is 162 g/mol. The molecule has 1 aliphatic carbocycles. The molecule has 1 heterocycles. The first kappa shape index (κ1) is 7.50. The van der Waals surface area contributed by atoms with Crippen molar-refractivity contribution < 1.29 is 9.53 Å². The number of carbonyl (C=O) groups excluding carboxylic acids is 1. The third kappa shape index (κ3) is 1.25. The van der Waals surface area contributed by atoms with E-state index in [1.54, 1.807) is 12.2 Å². The van der Waals surface area contributed by atoms with Gasteiger partial charge in [0.05, 0.1) is 18.6 Å². The molecular weight excluding hydrogens is 152 g/mol. The van der Waals surface area contributed by atoms with Crippen LogP contribution in [0.4, 0.5) is 0 Å².